The van der Waals surface area contributed by atoms with Gasteiger partial charge in [-0.05, 0) is 26.3 Å². The molecule has 2 aromatic rings. The van der Waals surface area contributed by atoms with Gasteiger partial charge in [-0.25, -0.2) is 4.98 Å². The van der Waals surface area contributed by atoms with E-state index >= 15 is 0 Å². The summed E-state index contributed by atoms with van der Waals surface area (Å²) in [6.45, 7) is 3.83. The Kier molecular flexibility index (Phi) is 2.64. The highest BCUT2D eigenvalue weighted by atomic mass is 16.5. The number of nitrogens with zero attached hydrogens (tertiary/aromatic N) is 3. The fourth-order valence-electron chi connectivity index (χ4n) is 2.07. The van der Waals surface area contributed by atoms with E-state index in [9.17, 15) is 0 Å². The summed E-state index contributed by atoms with van der Waals surface area (Å²) in [7, 11) is 0. The minimum Gasteiger partial charge on any atom is -0.438 e. The molecule has 0 aliphatic carbocycles. The molecular formula is C11H14N4O2. The maximum Gasteiger partial charge on any atom is 0.295 e. The maximum absolute atomic E-state index is 5.23. The first-order chi connectivity index (χ1) is 8.34. The van der Waals surface area contributed by atoms with Crippen molar-refractivity contribution in [1.29, 1.82) is 0 Å². The third-order valence-corrected chi connectivity index (χ3v) is 3.04. The molecule has 0 aromatic carbocycles. The van der Waals surface area contributed by atoms with Crippen LogP contribution in [0.5, 0.6) is 0 Å². The van der Waals surface area contributed by atoms with Gasteiger partial charge in [0.1, 0.15) is 0 Å². The number of aromatic nitrogens is 3. The van der Waals surface area contributed by atoms with E-state index in [0.717, 1.165) is 37.4 Å². The summed E-state index contributed by atoms with van der Waals surface area (Å²) < 4.78 is 10.4. The number of piperidine rings is 1. The number of nitrogens with one attached hydrogen (secondary N) is 1. The van der Waals surface area contributed by atoms with E-state index in [4.69, 9.17) is 8.94 Å². The number of hydrogen-bond acceptors (Lipinski definition) is 6. The third-order valence-electron chi connectivity index (χ3n) is 3.04. The van der Waals surface area contributed by atoms with Gasteiger partial charge in [-0.15, -0.1) is 0 Å². The van der Waals surface area contributed by atoms with E-state index in [1.54, 1.807) is 0 Å². The summed E-state index contributed by atoms with van der Waals surface area (Å²) in [5.41, 5.74) is 0.766. The van der Waals surface area contributed by atoms with Crippen LogP contribution in [-0.2, 0) is 0 Å². The third kappa shape index (κ3) is 1.95. The smallest absolute Gasteiger partial charge is 0.295 e. The molecule has 3 heterocycles. The largest absolute Gasteiger partial charge is 0.438 e. The van der Waals surface area contributed by atoms with Crippen molar-refractivity contribution in [1.82, 2.24) is 20.4 Å². The van der Waals surface area contributed by atoms with Gasteiger partial charge in [-0.1, -0.05) is 5.16 Å². The van der Waals surface area contributed by atoms with Crippen molar-refractivity contribution in [3.8, 4) is 11.7 Å². The Morgan fingerprint density at radius 2 is 2.41 bits per heavy atom. The first-order valence-corrected chi connectivity index (χ1v) is 5.79. The molecule has 90 valence electrons. The zero-order valence-electron chi connectivity index (χ0n) is 9.64. The van der Waals surface area contributed by atoms with Gasteiger partial charge < -0.3 is 14.3 Å². The molecule has 0 bridgehead atoms. The first-order valence-electron chi connectivity index (χ1n) is 5.79. The van der Waals surface area contributed by atoms with Gasteiger partial charge in [-0.2, -0.15) is 4.98 Å². The highest BCUT2D eigenvalue weighted by Gasteiger charge is 2.22. The molecule has 0 saturated carbocycles. The Balaban J connectivity index is 1.85. The summed E-state index contributed by atoms with van der Waals surface area (Å²) >= 11 is 0. The van der Waals surface area contributed by atoms with Crippen molar-refractivity contribution in [3.63, 3.8) is 0 Å². The van der Waals surface area contributed by atoms with Crippen LogP contribution in [-0.4, -0.2) is 28.2 Å². The Morgan fingerprint density at radius 1 is 1.47 bits per heavy atom. The second-order valence-electron chi connectivity index (χ2n) is 4.27. The molecule has 1 N–H and O–H groups in total. The lowest BCUT2D eigenvalue weighted by atomic mass is 9.99. The van der Waals surface area contributed by atoms with Crippen LogP contribution in [0.3, 0.4) is 0 Å². The van der Waals surface area contributed by atoms with E-state index in [1.165, 1.54) is 6.39 Å². The predicted octanol–water partition coefficient (Wildman–Crippen LogP) is 1.50. The zero-order valence-corrected chi connectivity index (χ0v) is 9.64. The molecule has 1 unspecified atom stereocenters. The number of oxazole rings is 1. The Hall–Kier alpha value is -1.69. The molecule has 0 amide bonds. The second kappa shape index (κ2) is 4.29. The van der Waals surface area contributed by atoms with Crippen LogP contribution in [0.2, 0.25) is 0 Å². The van der Waals surface area contributed by atoms with Crippen molar-refractivity contribution < 1.29 is 8.94 Å². The Morgan fingerprint density at radius 3 is 3.12 bits per heavy atom. The van der Waals surface area contributed by atoms with E-state index < -0.39 is 0 Å². The lowest BCUT2D eigenvalue weighted by Gasteiger charge is -2.19. The molecule has 1 aliphatic heterocycles. The first kappa shape index (κ1) is 10.5. The van der Waals surface area contributed by atoms with E-state index in [1.807, 2.05) is 6.92 Å². The van der Waals surface area contributed by atoms with E-state index in [-0.39, 0.29) is 0 Å². The summed E-state index contributed by atoms with van der Waals surface area (Å²) in [5.74, 6) is 2.07. The lowest BCUT2D eigenvalue weighted by molar-refractivity contribution is 0.386. The molecule has 1 atom stereocenters. The molecule has 6 heteroatoms. The van der Waals surface area contributed by atoms with Crippen LogP contribution >= 0.6 is 0 Å². The fraction of sp³-hybridized carbons (Fsp3) is 0.545. The highest BCUT2D eigenvalue weighted by Crippen LogP contribution is 2.25. The van der Waals surface area contributed by atoms with Crippen molar-refractivity contribution in [3.05, 3.63) is 17.9 Å². The molecule has 2 aromatic heterocycles. The fourth-order valence-corrected chi connectivity index (χ4v) is 2.07. The number of aryl methyl sites for hydroxylation is 1. The normalized spacial score (nSPS) is 20.6. The highest BCUT2D eigenvalue weighted by molar-refractivity contribution is 5.46. The van der Waals surface area contributed by atoms with Gasteiger partial charge in [0, 0.05) is 12.5 Å². The van der Waals surface area contributed by atoms with E-state index in [0.29, 0.717) is 17.6 Å². The lowest BCUT2D eigenvalue weighted by Crippen LogP contribution is -2.28. The average molecular weight is 234 g/mol. The standard InChI is InChI=1S/C11H14N4O2/c1-7-9(16-6-13-7)11-14-10(15-17-11)8-3-2-4-12-5-8/h6,8,12H,2-5H2,1H3. The van der Waals surface area contributed by atoms with E-state index in [2.05, 4.69) is 20.4 Å². The summed E-state index contributed by atoms with van der Waals surface area (Å²) in [4.78, 5) is 8.39. The van der Waals surface area contributed by atoms with Gasteiger partial charge in [0.05, 0.1) is 5.69 Å². The second-order valence-corrected chi connectivity index (χ2v) is 4.27. The van der Waals surface area contributed by atoms with Crippen molar-refractivity contribution in [2.45, 2.75) is 25.7 Å². The van der Waals surface area contributed by atoms with Crippen LogP contribution in [0.25, 0.3) is 11.7 Å². The monoisotopic (exact) mass is 234 g/mol. The molecule has 1 saturated heterocycles. The molecule has 1 fully saturated rings. The topological polar surface area (TPSA) is 77.0 Å². The predicted molar refractivity (Wildman–Crippen MR) is 59.4 cm³/mol. The van der Waals surface area contributed by atoms with Crippen molar-refractivity contribution in [2.75, 3.05) is 13.1 Å². The van der Waals surface area contributed by atoms with Crippen LogP contribution in [0, 0.1) is 6.92 Å². The minimum absolute atomic E-state index is 0.337. The zero-order chi connectivity index (χ0) is 11.7. The van der Waals surface area contributed by atoms with Crippen molar-refractivity contribution >= 4 is 0 Å². The molecule has 6 nitrogen and oxygen atoms in total. The molecule has 0 spiro atoms. The number of rotatable bonds is 2. The van der Waals surface area contributed by atoms with Gasteiger partial charge in [-0.3, -0.25) is 0 Å². The molecule has 17 heavy (non-hydrogen) atoms. The van der Waals surface area contributed by atoms with Gasteiger partial charge in [0.25, 0.3) is 5.89 Å². The quantitative estimate of drug-likeness (QED) is 0.848. The van der Waals surface area contributed by atoms with Gasteiger partial charge in [0.2, 0.25) is 5.76 Å². The molecule has 3 rings (SSSR count). The van der Waals surface area contributed by atoms with Gasteiger partial charge in [0.15, 0.2) is 12.2 Å². The average Bonchev–Trinajstić information content (AvgIpc) is 2.98. The molecule has 1 aliphatic rings. The molecule has 0 radical (unpaired) electrons. The van der Waals surface area contributed by atoms with Crippen LogP contribution in [0.1, 0.15) is 30.3 Å². The van der Waals surface area contributed by atoms with Crippen LogP contribution < -0.4 is 5.32 Å². The summed E-state index contributed by atoms with van der Waals surface area (Å²) in [6.07, 6.45) is 3.63. The number of hydrogen-bond donors (Lipinski definition) is 1. The minimum atomic E-state index is 0.337. The summed E-state index contributed by atoms with van der Waals surface area (Å²) in [6, 6.07) is 0. The summed E-state index contributed by atoms with van der Waals surface area (Å²) in [5, 5.41) is 7.35. The maximum atomic E-state index is 5.23. The Bertz CT molecular complexity index is 499. The Labute approximate surface area is 98.4 Å². The SMILES string of the molecule is Cc1ncoc1-c1nc(C2CCCNC2)no1. The van der Waals surface area contributed by atoms with Crippen molar-refractivity contribution in [2.24, 2.45) is 0 Å². The van der Waals surface area contributed by atoms with Crippen LogP contribution in [0.15, 0.2) is 15.3 Å². The van der Waals surface area contributed by atoms with Gasteiger partial charge >= 0.3 is 0 Å². The molecular weight excluding hydrogens is 220 g/mol. The van der Waals surface area contributed by atoms with Crippen LogP contribution in [0.4, 0.5) is 0 Å².